The van der Waals surface area contributed by atoms with Crippen LogP contribution in [0.4, 0.5) is 0 Å². The van der Waals surface area contributed by atoms with Gasteiger partial charge in [-0.3, -0.25) is 9.59 Å². The molecule has 0 saturated carbocycles. The van der Waals surface area contributed by atoms with Crippen LogP contribution in [0.2, 0.25) is 0 Å². The summed E-state index contributed by atoms with van der Waals surface area (Å²) in [5.74, 6) is -0.638. The summed E-state index contributed by atoms with van der Waals surface area (Å²) in [6.07, 6.45) is 2.20. The molecule has 0 aliphatic rings. The molecule has 5 nitrogen and oxygen atoms in total. The van der Waals surface area contributed by atoms with Crippen LogP contribution in [0.3, 0.4) is 0 Å². The van der Waals surface area contributed by atoms with Gasteiger partial charge in [-0.15, -0.1) is 0 Å². The Balaban J connectivity index is 4.20. The van der Waals surface area contributed by atoms with Crippen LogP contribution in [0.25, 0.3) is 0 Å². The van der Waals surface area contributed by atoms with Crippen molar-refractivity contribution < 1.29 is 14.7 Å². The average molecular weight is 272 g/mol. The van der Waals surface area contributed by atoms with Gasteiger partial charge < -0.3 is 16.2 Å². The van der Waals surface area contributed by atoms with Gasteiger partial charge in [0, 0.05) is 13.0 Å². The molecule has 19 heavy (non-hydrogen) atoms. The Labute approximate surface area is 115 Å². The SMILES string of the molecule is CC[C@H](N)C(=O)NCCC(CCC(=O)O)C(C)(C)C. The number of nitrogens with one attached hydrogen (secondary N) is 1. The summed E-state index contributed by atoms with van der Waals surface area (Å²) in [6.45, 7) is 8.71. The molecular weight excluding hydrogens is 244 g/mol. The number of hydrogen-bond donors (Lipinski definition) is 3. The number of aliphatic carboxylic acids is 1. The van der Waals surface area contributed by atoms with E-state index in [-0.39, 0.29) is 23.7 Å². The predicted molar refractivity (Wildman–Crippen MR) is 75.7 cm³/mol. The van der Waals surface area contributed by atoms with E-state index in [0.717, 1.165) is 6.42 Å². The van der Waals surface area contributed by atoms with Crippen molar-refractivity contribution in [1.82, 2.24) is 5.32 Å². The van der Waals surface area contributed by atoms with Crippen LogP contribution in [-0.2, 0) is 9.59 Å². The van der Waals surface area contributed by atoms with Crippen molar-refractivity contribution in [3.8, 4) is 0 Å². The highest BCUT2D eigenvalue weighted by Gasteiger charge is 2.25. The molecule has 1 amide bonds. The standard InChI is InChI=1S/C14H28N2O3/c1-5-11(15)13(19)16-9-8-10(14(2,3)4)6-7-12(17)18/h10-11H,5-9,15H2,1-4H3,(H,16,19)(H,17,18)/t10?,11-/m0/s1. The molecule has 0 spiro atoms. The fraction of sp³-hybridized carbons (Fsp3) is 0.857. The molecule has 0 heterocycles. The Morgan fingerprint density at radius 1 is 1.26 bits per heavy atom. The highest BCUT2D eigenvalue weighted by Crippen LogP contribution is 2.32. The third-order valence-electron chi connectivity index (χ3n) is 3.50. The molecule has 2 atom stereocenters. The van der Waals surface area contributed by atoms with Crippen LogP contribution in [0.1, 0.15) is 53.4 Å². The first kappa shape index (κ1) is 17.9. The minimum Gasteiger partial charge on any atom is -0.481 e. The summed E-state index contributed by atoms with van der Waals surface area (Å²) in [5, 5.41) is 11.6. The lowest BCUT2D eigenvalue weighted by Crippen LogP contribution is -2.41. The van der Waals surface area contributed by atoms with Crippen molar-refractivity contribution in [2.75, 3.05) is 6.54 Å². The van der Waals surface area contributed by atoms with Gasteiger partial charge in [0.2, 0.25) is 5.91 Å². The minimum absolute atomic E-state index is 0.0348. The Hall–Kier alpha value is -1.10. The molecular formula is C14H28N2O3. The molecule has 0 saturated heterocycles. The number of nitrogens with two attached hydrogens (primary N) is 1. The van der Waals surface area contributed by atoms with E-state index in [9.17, 15) is 9.59 Å². The summed E-state index contributed by atoms with van der Waals surface area (Å²) in [6, 6.07) is -0.452. The van der Waals surface area contributed by atoms with E-state index in [4.69, 9.17) is 10.8 Å². The van der Waals surface area contributed by atoms with Crippen molar-refractivity contribution in [3.63, 3.8) is 0 Å². The van der Waals surface area contributed by atoms with Crippen molar-refractivity contribution in [1.29, 1.82) is 0 Å². The van der Waals surface area contributed by atoms with E-state index >= 15 is 0 Å². The third kappa shape index (κ3) is 7.82. The zero-order valence-electron chi connectivity index (χ0n) is 12.5. The minimum atomic E-state index is -0.772. The van der Waals surface area contributed by atoms with Gasteiger partial charge in [-0.2, -0.15) is 0 Å². The molecule has 112 valence electrons. The second kappa shape index (κ2) is 8.15. The normalized spacial score (nSPS) is 14.8. The summed E-state index contributed by atoms with van der Waals surface area (Å²) in [7, 11) is 0. The largest absolute Gasteiger partial charge is 0.481 e. The smallest absolute Gasteiger partial charge is 0.303 e. The van der Waals surface area contributed by atoms with Crippen molar-refractivity contribution in [2.24, 2.45) is 17.1 Å². The molecule has 5 heteroatoms. The summed E-state index contributed by atoms with van der Waals surface area (Å²) in [4.78, 5) is 22.2. The predicted octanol–water partition coefficient (Wildman–Crippen LogP) is 1.76. The first-order valence-electron chi connectivity index (χ1n) is 6.93. The molecule has 0 aromatic rings. The first-order chi connectivity index (χ1) is 8.68. The number of carbonyl (C=O) groups is 2. The molecule has 0 aromatic heterocycles. The van der Waals surface area contributed by atoms with Crippen LogP contribution < -0.4 is 11.1 Å². The number of rotatable bonds is 8. The van der Waals surface area contributed by atoms with Crippen molar-refractivity contribution in [3.05, 3.63) is 0 Å². The van der Waals surface area contributed by atoms with Crippen LogP contribution in [-0.4, -0.2) is 29.6 Å². The number of carboxylic acid groups (broad SMARTS) is 1. The summed E-state index contributed by atoms with van der Waals surface area (Å²) < 4.78 is 0. The third-order valence-corrected chi connectivity index (χ3v) is 3.50. The molecule has 1 unspecified atom stereocenters. The molecule has 4 N–H and O–H groups in total. The fourth-order valence-electron chi connectivity index (χ4n) is 1.99. The Morgan fingerprint density at radius 3 is 2.26 bits per heavy atom. The second-order valence-electron chi connectivity index (χ2n) is 6.09. The van der Waals surface area contributed by atoms with Gasteiger partial charge in [-0.25, -0.2) is 0 Å². The maximum Gasteiger partial charge on any atom is 0.303 e. The number of carbonyl (C=O) groups excluding carboxylic acids is 1. The lowest BCUT2D eigenvalue weighted by molar-refractivity contribution is -0.137. The first-order valence-corrected chi connectivity index (χ1v) is 6.93. The highest BCUT2D eigenvalue weighted by atomic mass is 16.4. The molecule has 0 aliphatic carbocycles. The Bertz CT molecular complexity index is 298. The fourth-order valence-corrected chi connectivity index (χ4v) is 1.99. The van der Waals surface area contributed by atoms with Gasteiger partial charge >= 0.3 is 5.97 Å². The molecule has 0 aliphatic heterocycles. The van der Waals surface area contributed by atoms with E-state index < -0.39 is 12.0 Å². The second-order valence-corrected chi connectivity index (χ2v) is 6.09. The monoisotopic (exact) mass is 272 g/mol. The van der Waals surface area contributed by atoms with Crippen molar-refractivity contribution >= 4 is 11.9 Å². The maximum absolute atomic E-state index is 11.5. The Morgan fingerprint density at radius 2 is 1.84 bits per heavy atom. The average Bonchev–Trinajstić information content (AvgIpc) is 2.30. The molecule has 0 fully saturated rings. The summed E-state index contributed by atoms with van der Waals surface area (Å²) >= 11 is 0. The van der Waals surface area contributed by atoms with Crippen molar-refractivity contribution in [2.45, 2.75) is 59.4 Å². The number of hydrogen-bond acceptors (Lipinski definition) is 3. The van der Waals surface area contributed by atoms with Crippen LogP contribution in [0, 0.1) is 11.3 Å². The number of carboxylic acids is 1. The van der Waals surface area contributed by atoms with E-state index in [2.05, 4.69) is 26.1 Å². The molecule has 0 aromatic carbocycles. The topological polar surface area (TPSA) is 92.4 Å². The molecule has 0 rings (SSSR count). The lowest BCUT2D eigenvalue weighted by Gasteiger charge is -2.30. The van der Waals surface area contributed by atoms with E-state index in [0.29, 0.717) is 19.4 Å². The zero-order chi connectivity index (χ0) is 15.1. The van der Waals surface area contributed by atoms with E-state index in [1.54, 1.807) is 0 Å². The lowest BCUT2D eigenvalue weighted by atomic mass is 9.76. The van der Waals surface area contributed by atoms with E-state index in [1.165, 1.54) is 0 Å². The highest BCUT2D eigenvalue weighted by molar-refractivity contribution is 5.81. The van der Waals surface area contributed by atoms with Crippen LogP contribution in [0.15, 0.2) is 0 Å². The van der Waals surface area contributed by atoms with Gasteiger partial charge in [0.1, 0.15) is 0 Å². The van der Waals surface area contributed by atoms with Crippen LogP contribution >= 0.6 is 0 Å². The molecule has 0 bridgehead atoms. The Kier molecular flexibility index (Phi) is 7.68. The van der Waals surface area contributed by atoms with Gasteiger partial charge in [-0.05, 0) is 30.6 Å². The zero-order valence-corrected chi connectivity index (χ0v) is 12.5. The van der Waals surface area contributed by atoms with Gasteiger partial charge in [0.25, 0.3) is 0 Å². The maximum atomic E-state index is 11.5. The van der Waals surface area contributed by atoms with Crippen LogP contribution in [0.5, 0.6) is 0 Å². The number of amides is 1. The molecule has 0 radical (unpaired) electrons. The summed E-state index contributed by atoms with van der Waals surface area (Å²) in [5.41, 5.74) is 5.66. The quantitative estimate of drug-likeness (QED) is 0.627. The van der Waals surface area contributed by atoms with Gasteiger partial charge in [-0.1, -0.05) is 27.7 Å². The van der Waals surface area contributed by atoms with Gasteiger partial charge in [0.15, 0.2) is 0 Å². The van der Waals surface area contributed by atoms with E-state index in [1.807, 2.05) is 6.92 Å². The van der Waals surface area contributed by atoms with Gasteiger partial charge in [0.05, 0.1) is 6.04 Å².